The predicted octanol–water partition coefficient (Wildman–Crippen LogP) is 4.48. The minimum absolute atomic E-state index is 0.176. The van der Waals surface area contributed by atoms with Crippen LogP contribution in [-0.4, -0.2) is 33.5 Å². The summed E-state index contributed by atoms with van der Waals surface area (Å²) in [7, 11) is 0. The largest absolute Gasteiger partial charge is 0.481 e. The maximum atomic E-state index is 11.1. The first-order chi connectivity index (χ1) is 13.2. The highest BCUT2D eigenvalue weighted by Gasteiger charge is 2.62. The second-order valence-electron chi connectivity index (χ2n) is 11.4. The minimum Gasteiger partial charge on any atom is -0.481 e. The fourth-order valence-electron chi connectivity index (χ4n) is 8.81. The molecule has 4 fully saturated rings. The number of rotatable bonds is 4. The van der Waals surface area contributed by atoms with E-state index in [4.69, 9.17) is 5.11 Å². The van der Waals surface area contributed by atoms with Crippen LogP contribution in [0, 0.1) is 46.3 Å². The van der Waals surface area contributed by atoms with Crippen molar-refractivity contribution in [2.75, 3.05) is 0 Å². The molecule has 0 spiro atoms. The molecule has 160 valence electrons. The Kier molecular flexibility index (Phi) is 5.36. The van der Waals surface area contributed by atoms with Crippen molar-refractivity contribution in [1.29, 1.82) is 0 Å². The number of carboxylic acids is 1. The summed E-state index contributed by atoms with van der Waals surface area (Å²) in [5, 5.41) is 30.4. The van der Waals surface area contributed by atoms with Crippen molar-refractivity contribution in [3.8, 4) is 0 Å². The third-order valence-corrected chi connectivity index (χ3v) is 10.2. The fraction of sp³-hybridized carbons (Fsp3) is 0.958. The zero-order valence-corrected chi connectivity index (χ0v) is 17.9. The monoisotopic (exact) mass is 392 g/mol. The Bertz CT molecular complexity index is 605. The van der Waals surface area contributed by atoms with Gasteiger partial charge in [-0.1, -0.05) is 20.8 Å². The van der Waals surface area contributed by atoms with E-state index in [1.165, 1.54) is 25.7 Å². The van der Waals surface area contributed by atoms with Crippen LogP contribution in [0.2, 0.25) is 0 Å². The first kappa shape index (κ1) is 20.7. The van der Waals surface area contributed by atoms with Crippen molar-refractivity contribution in [1.82, 2.24) is 0 Å². The fourth-order valence-corrected chi connectivity index (χ4v) is 8.81. The quantitative estimate of drug-likeness (QED) is 0.659. The lowest BCUT2D eigenvalue weighted by Gasteiger charge is -2.62. The van der Waals surface area contributed by atoms with Crippen LogP contribution in [0.3, 0.4) is 0 Å². The van der Waals surface area contributed by atoms with Crippen LogP contribution in [0.25, 0.3) is 0 Å². The van der Waals surface area contributed by atoms with Gasteiger partial charge in [0, 0.05) is 6.42 Å². The molecular formula is C24H40O4. The molecule has 4 rings (SSSR count). The van der Waals surface area contributed by atoms with E-state index in [0.717, 1.165) is 32.1 Å². The third kappa shape index (κ3) is 3.14. The molecule has 0 aromatic rings. The van der Waals surface area contributed by atoms with E-state index in [1.54, 1.807) is 0 Å². The Balaban J connectivity index is 1.55. The normalized spacial score (nSPS) is 51.7. The first-order valence-electron chi connectivity index (χ1n) is 11.7. The van der Waals surface area contributed by atoms with Gasteiger partial charge in [-0.05, 0) is 104 Å². The molecular weight excluding hydrogens is 352 g/mol. The summed E-state index contributed by atoms with van der Waals surface area (Å²) in [4.78, 5) is 11.1. The van der Waals surface area contributed by atoms with E-state index in [-0.39, 0.29) is 30.0 Å². The molecule has 28 heavy (non-hydrogen) atoms. The highest BCUT2D eigenvalue weighted by atomic mass is 16.4. The van der Waals surface area contributed by atoms with Crippen LogP contribution in [0.4, 0.5) is 0 Å². The lowest BCUT2D eigenvalue weighted by molar-refractivity contribution is -0.172. The highest BCUT2D eigenvalue weighted by molar-refractivity contribution is 5.66. The molecule has 4 heteroatoms. The summed E-state index contributed by atoms with van der Waals surface area (Å²) < 4.78 is 0. The molecule has 4 aliphatic carbocycles. The van der Waals surface area contributed by atoms with E-state index in [9.17, 15) is 15.0 Å². The summed E-state index contributed by atoms with van der Waals surface area (Å²) in [6.07, 6.45) is 9.16. The van der Waals surface area contributed by atoms with Crippen molar-refractivity contribution in [2.24, 2.45) is 46.3 Å². The van der Waals surface area contributed by atoms with Crippen LogP contribution in [0.5, 0.6) is 0 Å². The molecule has 3 N–H and O–H groups in total. The van der Waals surface area contributed by atoms with Crippen LogP contribution in [0.1, 0.15) is 85.0 Å². The van der Waals surface area contributed by atoms with E-state index >= 15 is 0 Å². The van der Waals surface area contributed by atoms with Gasteiger partial charge < -0.3 is 15.3 Å². The summed E-state index contributed by atoms with van der Waals surface area (Å²) in [5.41, 5.74) is 0.478. The van der Waals surface area contributed by atoms with E-state index in [0.29, 0.717) is 35.0 Å². The lowest BCUT2D eigenvalue weighted by atomic mass is 9.44. The van der Waals surface area contributed by atoms with Crippen molar-refractivity contribution in [3.63, 3.8) is 0 Å². The second-order valence-corrected chi connectivity index (χ2v) is 11.4. The van der Waals surface area contributed by atoms with Gasteiger partial charge in [0.2, 0.25) is 0 Å². The van der Waals surface area contributed by atoms with Crippen LogP contribution in [0.15, 0.2) is 0 Å². The average molecular weight is 393 g/mol. The van der Waals surface area contributed by atoms with Gasteiger partial charge in [0.15, 0.2) is 0 Å². The Morgan fingerprint density at radius 2 is 1.64 bits per heavy atom. The third-order valence-electron chi connectivity index (χ3n) is 10.2. The van der Waals surface area contributed by atoms with Gasteiger partial charge in [-0.2, -0.15) is 0 Å². The predicted molar refractivity (Wildman–Crippen MR) is 109 cm³/mol. The molecule has 4 nitrogen and oxygen atoms in total. The van der Waals surface area contributed by atoms with Crippen LogP contribution >= 0.6 is 0 Å². The number of carboxylic acid groups (broad SMARTS) is 1. The first-order valence-corrected chi connectivity index (χ1v) is 11.7. The molecule has 4 aliphatic rings. The molecule has 0 heterocycles. The zero-order valence-electron chi connectivity index (χ0n) is 17.9. The Labute approximate surface area is 170 Å². The number of aliphatic hydroxyl groups excluding tert-OH is 2. The zero-order chi connectivity index (χ0) is 20.3. The number of hydrogen-bond acceptors (Lipinski definition) is 3. The minimum atomic E-state index is -0.677. The summed E-state index contributed by atoms with van der Waals surface area (Å²) >= 11 is 0. The van der Waals surface area contributed by atoms with Gasteiger partial charge in [-0.3, -0.25) is 4.79 Å². The molecule has 0 saturated heterocycles. The Morgan fingerprint density at radius 3 is 2.36 bits per heavy atom. The van der Waals surface area contributed by atoms with Gasteiger partial charge in [0.1, 0.15) is 0 Å². The van der Waals surface area contributed by atoms with Crippen molar-refractivity contribution < 1.29 is 20.1 Å². The van der Waals surface area contributed by atoms with Gasteiger partial charge >= 0.3 is 5.97 Å². The smallest absolute Gasteiger partial charge is 0.303 e. The van der Waals surface area contributed by atoms with E-state index in [2.05, 4.69) is 20.8 Å². The Morgan fingerprint density at radius 1 is 0.964 bits per heavy atom. The molecule has 0 aliphatic heterocycles. The summed E-state index contributed by atoms with van der Waals surface area (Å²) in [6, 6.07) is 0. The van der Waals surface area contributed by atoms with Crippen molar-refractivity contribution in [3.05, 3.63) is 0 Å². The van der Waals surface area contributed by atoms with E-state index < -0.39 is 5.97 Å². The Hall–Kier alpha value is -0.610. The van der Waals surface area contributed by atoms with Gasteiger partial charge in [-0.25, -0.2) is 0 Å². The van der Waals surface area contributed by atoms with Crippen molar-refractivity contribution >= 4 is 5.97 Å². The van der Waals surface area contributed by atoms with Crippen LogP contribution < -0.4 is 0 Å². The molecule has 0 radical (unpaired) electrons. The topological polar surface area (TPSA) is 77.8 Å². The van der Waals surface area contributed by atoms with Crippen LogP contribution in [-0.2, 0) is 4.79 Å². The molecule has 0 aromatic heterocycles. The standard InChI is InChI=1S/C24H40O4/c1-14(4-7-22(27)28)17-5-6-18-16-13-21(26)20-12-15(25)8-10-24(20,3)19(16)9-11-23(17,18)2/h14-21,25-26H,4-13H2,1-3H3,(H,27,28)/t14-,15-,16+,17-,18+,19+,20-,21+,23-,24-/m1/s1. The number of carbonyl (C=O) groups is 1. The SMILES string of the molecule is C[C@H](CCC(=O)O)[C@H]1CC[C@H]2[C@@H]3C[C@H](O)[C@H]4C[C@H](O)CC[C@]4(C)[C@H]3CC[C@]12C. The van der Waals surface area contributed by atoms with Gasteiger partial charge in [0.05, 0.1) is 12.2 Å². The maximum Gasteiger partial charge on any atom is 0.303 e. The lowest BCUT2D eigenvalue weighted by Crippen LogP contribution is -2.58. The highest BCUT2D eigenvalue weighted by Crippen LogP contribution is 2.68. The maximum absolute atomic E-state index is 11.1. The molecule has 4 saturated carbocycles. The van der Waals surface area contributed by atoms with Crippen molar-refractivity contribution in [2.45, 2.75) is 97.2 Å². The number of hydrogen-bond donors (Lipinski definition) is 3. The number of fused-ring (bicyclic) bond motifs is 5. The van der Waals surface area contributed by atoms with Gasteiger partial charge in [-0.15, -0.1) is 0 Å². The molecule has 0 bridgehead atoms. The second kappa shape index (κ2) is 7.27. The number of aliphatic hydroxyl groups is 2. The summed E-state index contributed by atoms with van der Waals surface area (Å²) in [5.74, 6) is 2.61. The number of aliphatic carboxylic acids is 1. The molecule has 0 aromatic carbocycles. The van der Waals surface area contributed by atoms with Gasteiger partial charge in [0.25, 0.3) is 0 Å². The molecule has 0 unspecified atom stereocenters. The van der Waals surface area contributed by atoms with E-state index in [1.807, 2.05) is 0 Å². The summed E-state index contributed by atoms with van der Waals surface area (Å²) in [6.45, 7) is 7.16. The molecule has 0 amide bonds. The average Bonchev–Trinajstić information content (AvgIpc) is 2.99. The molecule has 10 atom stereocenters.